The Morgan fingerprint density at radius 2 is 1.88 bits per heavy atom. The summed E-state index contributed by atoms with van der Waals surface area (Å²) in [7, 11) is 3.82. The minimum Gasteiger partial charge on any atom is -0.491 e. The van der Waals surface area contributed by atoms with Crippen molar-refractivity contribution in [3.63, 3.8) is 0 Å². The number of aromatic nitrogens is 6. The third-order valence-corrected chi connectivity index (χ3v) is 5.88. The summed E-state index contributed by atoms with van der Waals surface area (Å²) < 4.78 is 14.7. The fourth-order valence-electron chi connectivity index (χ4n) is 4.00. The lowest BCUT2D eigenvalue weighted by Gasteiger charge is -2.28. The van der Waals surface area contributed by atoms with Gasteiger partial charge in [-0.3, -0.25) is 9.25 Å². The van der Waals surface area contributed by atoms with Crippen LogP contribution in [0.4, 0.5) is 11.6 Å². The van der Waals surface area contributed by atoms with E-state index in [-0.39, 0.29) is 0 Å². The van der Waals surface area contributed by atoms with Crippen LogP contribution >= 0.6 is 0 Å². The molecule has 0 saturated carbocycles. The molecule has 4 aromatic rings. The van der Waals surface area contributed by atoms with Gasteiger partial charge < -0.3 is 19.7 Å². The Hall–Kier alpha value is -3.50. The lowest BCUT2D eigenvalue weighted by atomic mass is 10.1. The number of hydrogen-bond acceptors (Lipinski definition) is 8. The zero-order valence-electron chi connectivity index (χ0n) is 18.9. The molecule has 172 valence electrons. The van der Waals surface area contributed by atoms with Gasteiger partial charge >= 0.3 is 0 Å². The van der Waals surface area contributed by atoms with Crippen LogP contribution in [-0.2, 0) is 4.74 Å². The van der Waals surface area contributed by atoms with E-state index >= 15 is 0 Å². The molecule has 1 aliphatic rings. The standard InChI is InChI=1S/C23H28N8O2/c1-29-9-7-19(8-10-29)31-15-17(13-26-31)27-23-24-14-21-22(28-23)30(16-25-21)18-3-5-20(6-4-18)33-12-11-32-2/h3-6,13-16,19H,7-12H2,1-2H3,(H,24,27,28). The van der Waals surface area contributed by atoms with E-state index in [1.807, 2.05) is 45.9 Å². The van der Waals surface area contributed by atoms with Gasteiger partial charge in [0, 0.05) is 19.0 Å². The topological polar surface area (TPSA) is 95.2 Å². The Bertz CT molecular complexity index is 1190. The van der Waals surface area contributed by atoms with Crippen molar-refractivity contribution >= 4 is 22.8 Å². The Balaban J connectivity index is 1.31. The van der Waals surface area contributed by atoms with Gasteiger partial charge in [0.2, 0.25) is 5.95 Å². The van der Waals surface area contributed by atoms with Crippen molar-refractivity contribution in [3.8, 4) is 11.4 Å². The van der Waals surface area contributed by atoms with E-state index in [9.17, 15) is 0 Å². The van der Waals surface area contributed by atoms with E-state index in [1.54, 1.807) is 19.6 Å². The van der Waals surface area contributed by atoms with Gasteiger partial charge in [-0.25, -0.2) is 9.97 Å². The number of imidazole rings is 1. The highest BCUT2D eigenvalue weighted by atomic mass is 16.5. The number of methoxy groups -OCH3 is 1. The average Bonchev–Trinajstić information content (AvgIpc) is 3.47. The van der Waals surface area contributed by atoms with Gasteiger partial charge in [0.05, 0.1) is 30.7 Å². The number of benzene rings is 1. The summed E-state index contributed by atoms with van der Waals surface area (Å²) in [5.41, 5.74) is 3.26. The molecule has 33 heavy (non-hydrogen) atoms. The summed E-state index contributed by atoms with van der Waals surface area (Å²) in [6.07, 6.45) is 9.55. The predicted molar refractivity (Wildman–Crippen MR) is 125 cm³/mol. The van der Waals surface area contributed by atoms with Crippen molar-refractivity contribution < 1.29 is 9.47 Å². The molecule has 5 rings (SSSR count). The molecule has 4 heterocycles. The third-order valence-electron chi connectivity index (χ3n) is 5.88. The van der Waals surface area contributed by atoms with E-state index in [0.717, 1.165) is 54.2 Å². The second kappa shape index (κ2) is 9.55. The van der Waals surface area contributed by atoms with Crippen LogP contribution in [0.15, 0.2) is 49.2 Å². The molecule has 0 bridgehead atoms. The number of anilines is 2. The highest BCUT2D eigenvalue weighted by Gasteiger charge is 2.19. The number of fused-ring (bicyclic) bond motifs is 1. The molecule has 0 amide bonds. The molecule has 1 fully saturated rings. The SMILES string of the molecule is COCCOc1ccc(-n2cnc3cnc(Nc4cnn(C5CCN(C)CC5)c4)nc32)cc1. The second-order valence-electron chi connectivity index (χ2n) is 8.22. The van der Waals surface area contributed by atoms with Crippen LogP contribution in [0.3, 0.4) is 0 Å². The van der Waals surface area contributed by atoms with Crippen molar-refractivity contribution in [3.05, 3.63) is 49.2 Å². The van der Waals surface area contributed by atoms with Crippen LogP contribution < -0.4 is 10.1 Å². The van der Waals surface area contributed by atoms with Gasteiger partial charge in [-0.2, -0.15) is 10.1 Å². The average molecular weight is 449 g/mol. The maximum Gasteiger partial charge on any atom is 0.229 e. The molecule has 3 aromatic heterocycles. The molecule has 0 atom stereocenters. The van der Waals surface area contributed by atoms with Gasteiger partial charge in [0.15, 0.2) is 5.65 Å². The largest absolute Gasteiger partial charge is 0.491 e. The molecule has 10 nitrogen and oxygen atoms in total. The first kappa shape index (κ1) is 21.4. The first-order valence-electron chi connectivity index (χ1n) is 11.1. The molecule has 1 aromatic carbocycles. The van der Waals surface area contributed by atoms with Crippen molar-refractivity contribution in [2.45, 2.75) is 18.9 Å². The molecule has 0 aliphatic carbocycles. The molecule has 0 radical (unpaired) electrons. The fourth-order valence-corrected chi connectivity index (χ4v) is 4.00. The lowest BCUT2D eigenvalue weighted by Crippen LogP contribution is -2.31. The summed E-state index contributed by atoms with van der Waals surface area (Å²) in [4.78, 5) is 15.9. The molecule has 0 unspecified atom stereocenters. The van der Waals surface area contributed by atoms with Crippen LogP contribution in [-0.4, -0.2) is 74.7 Å². The maximum atomic E-state index is 5.65. The Kier molecular flexibility index (Phi) is 6.18. The summed E-state index contributed by atoms with van der Waals surface area (Å²) in [6, 6.07) is 8.24. The van der Waals surface area contributed by atoms with E-state index in [1.165, 1.54) is 0 Å². The highest BCUT2D eigenvalue weighted by Crippen LogP contribution is 2.24. The van der Waals surface area contributed by atoms with Crippen LogP contribution in [0.2, 0.25) is 0 Å². The molecular weight excluding hydrogens is 420 g/mol. The van der Waals surface area contributed by atoms with Gasteiger partial charge in [0.1, 0.15) is 24.2 Å². The number of rotatable bonds is 8. The predicted octanol–water partition coefficient (Wildman–Crippen LogP) is 3.05. The Morgan fingerprint density at radius 3 is 2.67 bits per heavy atom. The Morgan fingerprint density at radius 1 is 1.06 bits per heavy atom. The van der Waals surface area contributed by atoms with Gasteiger partial charge in [-0.15, -0.1) is 0 Å². The van der Waals surface area contributed by atoms with Gasteiger partial charge in [0.25, 0.3) is 0 Å². The summed E-state index contributed by atoms with van der Waals surface area (Å²) in [5, 5.41) is 7.84. The summed E-state index contributed by atoms with van der Waals surface area (Å²) in [5.74, 6) is 1.30. The van der Waals surface area contributed by atoms with Crippen molar-refractivity contribution in [1.29, 1.82) is 0 Å². The monoisotopic (exact) mass is 448 g/mol. The normalized spacial score (nSPS) is 15.2. The van der Waals surface area contributed by atoms with Crippen molar-refractivity contribution in [1.82, 2.24) is 34.2 Å². The number of nitrogens with zero attached hydrogens (tertiary/aromatic N) is 7. The molecular formula is C23H28N8O2. The van der Waals surface area contributed by atoms with E-state index < -0.39 is 0 Å². The van der Waals surface area contributed by atoms with E-state index in [2.05, 4.69) is 32.3 Å². The Labute approximate surface area is 192 Å². The number of ether oxygens (including phenoxy) is 2. The van der Waals surface area contributed by atoms with Crippen LogP contribution in [0.25, 0.3) is 16.9 Å². The first-order valence-corrected chi connectivity index (χ1v) is 11.1. The zero-order chi connectivity index (χ0) is 22.6. The zero-order valence-corrected chi connectivity index (χ0v) is 18.9. The van der Waals surface area contributed by atoms with E-state index in [4.69, 9.17) is 14.5 Å². The number of likely N-dealkylation sites (tertiary alicyclic amines) is 1. The van der Waals surface area contributed by atoms with Crippen LogP contribution in [0, 0.1) is 0 Å². The molecule has 1 saturated heterocycles. The second-order valence-corrected chi connectivity index (χ2v) is 8.22. The van der Waals surface area contributed by atoms with Gasteiger partial charge in [-0.05, 0) is 57.2 Å². The quantitative estimate of drug-likeness (QED) is 0.411. The number of hydrogen-bond donors (Lipinski definition) is 1. The lowest BCUT2D eigenvalue weighted by molar-refractivity contribution is 0.146. The van der Waals surface area contributed by atoms with Crippen molar-refractivity contribution in [2.75, 3.05) is 45.8 Å². The molecule has 1 aliphatic heterocycles. The summed E-state index contributed by atoms with van der Waals surface area (Å²) >= 11 is 0. The first-order chi connectivity index (χ1) is 16.2. The minimum absolute atomic E-state index is 0.433. The third kappa shape index (κ3) is 4.81. The number of nitrogens with one attached hydrogen (secondary N) is 1. The van der Waals surface area contributed by atoms with E-state index in [0.29, 0.717) is 25.2 Å². The maximum absolute atomic E-state index is 5.65. The fraction of sp³-hybridized carbons (Fsp3) is 0.391. The minimum atomic E-state index is 0.433. The summed E-state index contributed by atoms with van der Waals surface area (Å²) in [6.45, 7) is 3.26. The van der Waals surface area contributed by atoms with Crippen molar-refractivity contribution in [2.24, 2.45) is 0 Å². The van der Waals surface area contributed by atoms with Gasteiger partial charge in [-0.1, -0.05) is 0 Å². The van der Waals surface area contributed by atoms with Crippen LogP contribution in [0.1, 0.15) is 18.9 Å². The molecule has 10 heteroatoms. The van der Waals surface area contributed by atoms with Crippen LogP contribution in [0.5, 0.6) is 5.75 Å². The molecule has 1 N–H and O–H groups in total. The smallest absolute Gasteiger partial charge is 0.229 e. The molecule has 0 spiro atoms. The number of piperidine rings is 1. The highest BCUT2D eigenvalue weighted by molar-refractivity contribution is 5.74.